The standard InChI is InChI=1S/C22H23N5O2S/c1-4-13-27-17-11-7-5-9-15(17)19-20(27)24-22(26-25-19)30-14(2)21(28)23-16-10-6-8-12-18(16)29-3/h5-12,14H,4,13H2,1-3H3,(H,23,28). The maximum Gasteiger partial charge on any atom is 0.237 e. The van der Waals surface area contributed by atoms with E-state index in [9.17, 15) is 4.79 Å². The number of amides is 1. The van der Waals surface area contributed by atoms with Crippen LogP contribution in [-0.4, -0.2) is 38.0 Å². The van der Waals surface area contributed by atoms with E-state index in [1.165, 1.54) is 11.8 Å². The maximum absolute atomic E-state index is 12.7. The average molecular weight is 422 g/mol. The number of hydrogen-bond acceptors (Lipinski definition) is 6. The molecule has 0 saturated heterocycles. The van der Waals surface area contributed by atoms with Crippen LogP contribution in [0.3, 0.4) is 0 Å². The number of methoxy groups -OCH3 is 1. The van der Waals surface area contributed by atoms with Gasteiger partial charge in [0, 0.05) is 11.9 Å². The van der Waals surface area contributed by atoms with Gasteiger partial charge in [0.15, 0.2) is 5.65 Å². The molecular formula is C22H23N5O2S. The highest BCUT2D eigenvalue weighted by atomic mass is 32.2. The number of nitrogens with one attached hydrogen (secondary N) is 1. The van der Waals surface area contributed by atoms with Crippen LogP contribution in [0.25, 0.3) is 22.1 Å². The summed E-state index contributed by atoms with van der Waals surface area (Å²) < 4.78 is 7.47. The zero-order valence-electron chi connectivity index (χ0n) is 17.1. The van der Waals surface area contributed by atoms with Crippen LogP contribution in [0.15, 0.2) is 53.7 Å². The van der Waals surface area contributed by atoms with Gasteiger partial charge in [-0.2, -0.15) is 0 Å². The molecule has 4 rings (SSSR count). The van der Waals surface area contributed by atoms with Crippen LogP contribution < -0.4 is 10.1 Å². The summed E-state index contributed by atoms with van der Waals surface area (Å²) in [6.07, 6.45) is 0.984. The van der Waals surface area contributed by atoms with E-state index in [4.69, 9.17) is 9.72 Å². The number of thioether (sulfide) groups is 1. The normalized spacial score (nSPS) is 12.2. The van der Waals surface area contributed by atoms with Gasteiger partial charge in [-0.15, -0.1) is 10.2 Å². The number of anilines is 1. The van der Waals surface area contributed by atoms with E-state index in [1.54, 1.807) is 19.2 Å². The largest absolute Gasteiger partial charge is 0.495 e. The van der Waals surface area contributed by atoms with Crippen LogP contribution in [0.5, 0.6) is 5.75 Å². The number of benzene rings is 2. The first-order valence-corrected chi connectivity index (χ1v) is 10.7. The highest BCUT2D eigenvalue weighted by Gasteiger charge is 2.20. The highest BCUT2D eigenvalue weighted by molar-refractivity contribution is 8.00. The highest BCUT2D eigenvalue weighted by Crippen LogP contribution is 2.29. The maximum atomic E-state index is 12.7. The summed E-state index contributed by atoms with van der Waals surface area (Å²) in [4.78, 5) is 17.4. The molecule has 0 radical (unpaired) electrons. The van der Waals surface area contributed by atoms with E-state index in [1.807, 2.05) is 37.3 Å². The van der Waals surface area contributed by atoms with Crippen LogP contribution in [0.4, 0.5) is 5.69 Å². The quantitative estimate of drug-likeness (QED) is 0.442. The van der Waals surface area contributed by atoms with Crippen molar-refractivity contribution >= 4 is 45.4 Å². The summed E-state index contributed by atoms with van der Waals surface area (Å²) >= 11 is 1.29. The number of hydrogen-bond donors (Lipinski definition) is 1. The monoisotopic (exact) mass is 421 g/mol. The molecule has 0 aliphatic heterocycles. The van der Waals surface area contributed by atoms with Crippen molar-refractivity contribution in [3.63, 3.8) is 0 Å². The minimum Gasteiger partial charge on any atom is -0.495 e. The minimum atomic E-state index is -0.404. The zero-order valence-corrected chi connectivity index (χ0v) is 17.9. The van der Waals surface area contributed by atoms with Gasteiger partial charge < -0.3 is 14.6 Å². The number of aromatic nitrogens is 4. The minimum absolute atomic E-state index is 0.151. The molecule has 0 aliphatic carbocycles. The zero-order chi connectivity index (χ0) is 21.1. The lowest BCUT2D eigenvalue weighted by molar-refractivity contribution is -0.115. The molecule has 0 saturated carbocycles. The van der Waals surface area contributed by atoms with Crippen LogP contribution >= 0.6 is 11.8 Å². The Labute approximate surface area is 178 Å². The number of para-hydroxylation sites is 3. The van der Waals surface area contributed by atoms with Crippen molar-refractivity contribution in [1.82, 2.24) is 19.7 Å². The van der Waals surface area contributed by atoms with Gasteiger partial charge in [-0.1, -0.05) is 49.0 Å². The van der Waals surface area contributed by atoms with Gasteiger partial charge in [0.2, 0.25) is 11.1 Å². The van der Waals surface area contributed by atoms with Crippen molar-refractivity contribution in [2.75, 3.05) is 12.4 Å². The second-order valence-corrected chi connectivity index (χ2v) is 8.19. The predicted octanol–water partition coefficient (Wildman–Crippen LogP) is 4.52. The van der Waals surface area contributed by atoms with Gasteiger partial charge in [0.05, 0.1) is 23.6 Å². The molecule has 1 unspecified atom stereocenters. The molecule has 0 fully saturated rings. The lowest BCUT2D eigenvalue weighted by atomic mass is 10.2. The van der Waals surface area contributed by atoms with Crippen LogP contribution in [-0.2, 0) is 11.3 Å². The third kappa shape index (κ3) is 3.82. The summed E-state index contributed by atoms with van der Waals surface area (Å²) in [5.41, 5.74) is 3.32. The summed E-state index contributed by atoms with van der Waals surface area (Å²) in [6, 6.07) is 15.4. The van der Waals surface area contributed by atoms with Crippen molar-refractivity contribution in [1.29, 1.82) is 0 Å². The Morgan fingerprint density at radius 2 is 1.93 bits per heavy atom. The number of fused-ring (bicyclic) bond motifs is 3. The molecule has 2 aromatic carbocycles. The second kappa shape index (κ2) is 8.71. The smallest absolute Gasteiger partial charge is 0.237 e. The number of rotatable bonds is 7. The predicted molar refractivity (Wildman–Crippen MR) is 120 cm³/mol. The Morgan fingerprint density at radius 1 is 1.17 bits per heavy atom. The Morgan fingerprint density at radius 3 is 2.73 bits per heavy atom. The Hall–Kier alpha value is -3.13. The van der Waals surface area contributed by atoms with Crippen molar-refractivity contribution in [3.8, 4) is 5.75 Å². The Kier molecular flexibility index (Phi) is 5.85. The number of carbonyl (C=O) groups is 1. The van der Waals surface area contributed by atoms with Crippen LogP contribution in [0.1, 0.15) is 20.3 Å². The molecule has 1 atom stereocenters. The van der Waals surface area contributed by atoms with Crippen LogP contribution in [0, 0.1) is 0 Å². The van der Waals surface area contributed by atoms with Gasteiger partial charge in [0.25, 0.3) is 0 Å². The van der Waals surface area contributed by atoms with Crippen molar-refractivity contribution in [2.45, 2.75) is 37.2 Å². The lowest BCUT2D eigenvalue weighted by Crippen LogP contribution is -2.23. The number of ether oxygens (including phenoxy) is 1. The van der Waals surface area contributed by atoms with Gasteiger partial charge in [0.1, 0.15) is 11.3 Å². The first-order valence-electron chi connectivity index (χ1n) is 9.84. The lowest BCUT2D eigenvalue weighted by Gasteiger charge is -2.13. The average Bonchev–Trinajstić information content (AvgIpc) is 3.07. The van der Waals surface area contributed by atoms with Gasteiger partial charge in [-0.25, -0.2) is 4.98 Å². The van der Waals surface area contributed by atoms with Gasteiger partial charge >= 0.3 is 0 Å². The summed E-state index contributed by atoms with van der Waals surface area (Å²) in [7, 11) is 1.58. The fourth-order valence-corrected chi connectivity index (χ4v) is 4.09. The van der Waals surface area contributed by atoms with Crippen molar-refractivity contribution in [2.24, 2.45) is 0 Å². The first kappa shape index (κ1) is 20.2. The third-order valence-electron chi connectivity index (χ3n) is 4.82. The molecule has 4 aromatic rings. The topological polar surface area (TPSA) is 81.9 Å². The molecule has 154 valence electrons. The molecule has 0 spiro atoms. The van der Waals surface area contributed by atoms with E-state index in [0.29, 0.717) is 16.6 Å². The molecule has 2 aromatic heterocycles. The fraction of sp³-hybridized carbons (Fsp3) is 0.273. The van der Waals surface area contributed by atoms with E-state index in [-0.39, 0.29) is 5.91 Å². The molecule has 8 heteroatoms. The number of aryl methyl sites for hydroxylation is 1. The van der Waals surface area contributed by atoms with E-state index in [2.05, 4.69) is 33.1 Å². The molecule has 30 heavy (non-hydrogen) atoms. The van der Waals surface area contributed by atoms with Crippen molar-refractivity contribution < 1.29 is 9.53 Å². The summed E-state index contributed by atoms with van der Waals surface area (Å²) in [5, 5.41) is 12.7. The second-order valence-electron chi connectivity index (χ2n) is 6.88. The molecule has 1 amide bonds. The molecule has 7 nitrogen and oxygen atoms in total. The Bertz CT molecular complexity index is 1210. The van der Waals surface area contributed by atoms with Gasteiger partial charge in [-0.05, 0) is 31.5 Å². The van der Waals surface area contributed by atoms with E-state index >= 15 is 0 Å². The fourth-order valence-electron chi connectivity index (χ4n) is 3.38. The van der Waals surface area contributed by atoms with E-state index < -0.39 is 5.25 Å². The molecular weight excluding hydrogens is 398 g/mol. The van der Waals surface area contributed by atoms with Crippen molar-refractivity contribution in [3.05, 3.63) is 48.5 Å². The Balaban J connectivity index is 1.59. The first-order chi connectivity index (χ1) is 14.6. The molecule has 0 bridgehead atoms. The van der Waals surface area contributed by atoms with Crippen LogP contribution in [0.2, 0.25) is 0 Å². The number of carbonyl (C=O) groups excluding carboxylic acids is 1. The molecule has 2 heterocycles. The number of nitrogens with zero attached hydrogens (tertiary/aromatic N) is 4. The third-order valence-corrected chi connectivity index (χ3v) is 5.77. The molecule has 1 N–H and O–H groups in total. The summed E-state index contributed by atoms with van der Waals surface area (Å²) in [5.74, 6) is 0.466. The summed E-state index contributed by atoms with van der Waals surface area (Å²) in [6.45, 7) is 4.80. The molecule has 0 aliphatic rings. The SMILES string of the molecule is CCCn1c2ccccc2c2nnc(SC(C)C(=O)Nc3ccccc3OC)nc21. The van der Waals surface area contributed by atoms with E-state index in [0.717, 1.165) is 35.0 Å². The van der Waals surface area contributed by atoms with Gasteiger partial charge in [-0.3, -0.25) is 4.79 Å².